The van der Waals surface area contributed by atoms with E-state index in [4.69, 9.17) is 14.5 Å². The third-order valence-electron chi connectivity index (χ3n) is 4.88. The van der Waals surface area contributed by atoms with Crippen LogP contribution in [0.25, 0.3) is 22.4 Å². The van der Waals surface area contributed by atoms with Crippen LogP contribution in [-0.4, -0.2) is 42.1 Å². The molecule has 4 aromatic rings. The molecule has 0 fully saturated rings. The van der Waals surface area contributed by atoms with Crippen molar-refractivity contribution in [3.05, 3.63) is 77.9 Å². The van der Waals surface area contributed by atoms with E-state index in [2.05, 4.69) is 11.1 Å². The molecule has 1 heterocycles. The number of likely N-dealkylation sites (N-methyl/N-ethyl adjacent to an activating group) is 1. The van der Waals surface area contributed by atoms with Gasteiger partial charge in [-0.05, 0) is 43.9 Å². The minimum absolute atomic E-state index is 0.440. The van der Waals surface area contributed by atoms with Crippen LogP contribution < -0.4 is 9.47 Å². The lowest BCUT2D eigenvalue weighted by Gasteiger charge is -2.11. The summed E-state index contributed by atoms with van der Waals surface area (Å²) in [4.78, 5) is 10.0. The smallest absolute Gasteiger partial charge is 0.139 e. The second-order valence-corrected chi connectivity index (χ2v) is 7.49. The number of ether oxygens (including phenoxy) is 2. The molecule has 0 atom stereocenters. The Morgan fingerprint density at radius 1 is 1.00 bits per heavy atom. The highest BCUT2D eigenvalue weighted by Gasteiger charge is 2.14. The predicted molar refractivity (Wildman–Crippen MR) is 121 cm³/mol. The van der Waals surface area contributed by atoms with Crippen LogP contribution in [-0.2, 0) is 6.61 Å². The molecule has 1 aromatic heterocycles. The van der Waals surface area contributed by atoms with E-state index in [1.54, 1.807) is 0 Å². The van der Waals surface area contributed by atoms with Gasteiger partial charge in [0, 0.05) is 12.1 Å². The van der Waals surface area contributed by atoms with Crippen LogP contribution in [0.5, 0.6) is 11.5 Å². The van der Waals surface area contributed by atoms with E-state index in [-0.39, 0.29) is 0 Å². The molecule has 0 saturated carbocycles. The van der Waals surface area contributed by atoms with Gasteiger partial charge in [0.25, 0.3) is 0 Å². The number of nitrogens with zero attached hydrogens (tertiary/aromatic N) is 3. The van der Waals surface area contributed by atoms with Crippen LogP contribution in [0, 0.1) is 11.3 Å². The molecule has 0 radical (unpaired) electrons. The number of hydrogen-bond acceptors (Lipinski definition) is 5. The molecule has 0 aliphatic rings. The fourth-order valence-electron chi connectivity index (χ4n) is 3.23. The molecular formula is C25H24N4O2. The van der Waals surface area contributed by atoms with E-state index in [1.807, 2.05) is 85.7 Å². The fourth-order valence-corrected chi connectivity index (χ4v) is 3.23. The Morgan fingerprint density at radius 2 is 1.84 bits per heavy atom. The maximum absolute atomic E-state index is 9.71. The average molecular weight is 412 g/mol. The largest absolute Gasteiger partial charge is 0.491 e. The van der Waals surface area contributed by atoms with Gasteiger partial charge in [-0.1, -0.05) is 42.5 Å². The fraction of sp³-hybridized carbons (Fsp3) is 0.200. The van der Waals surface area contributed by atoms with E-state index in [0.717, 1.165) is 28.9 Å². The molecular weight excluding hydrogens is 388 g/mol. The summed E-state index contributed by atoms with van der Waals surface area (Å²) in [5.41, 5.74) is 3.84. The van der Waals surface area contributed by atoms with Gasteiger partial charge in [0.1, 0.15) is 47.7 Å². The number of H-pyrrole nitrogens is 1. The van der Waals surface area contributed by atoms with Crippen LogP contribution in [0.4, 0.5) is 0 Å². The molecule has 1 N–H and O–H groups in total. The molecule has 0 bridgehead atoms. The van der Waals surface area contributed by atoms with Crippen LogP contribution in [0.2, 0.25) is 0 Å². The Bertz CT molecular complexity index is 1210. The van der Waals surface area contributed by atoms with Gasteiger partial charge in [0.05, 0.1) is 5.52 Å². The summed E-state index contributed by atoms with van der Waals surface area (Å²) >= 11 is 0. The number of aromatic nitrogens is 2. The summed E-state index contributed by atoms with van der Waals surface area (Å²) < 4.78 is 11.8. The highest BCUT2D eigenvalue weighted by Crippen LogP contribution is 2.30. The molecule has 0 saturated heterocycles. The standard InChI is InChI=1S/C25H24N4O2/c1-29(2)13-14-30-23-12-11-22-24(21(23)16-26)28-25(27-22)19-9-6-10-20(15-19)31-17-18-7-4-3-5-8-18/h3-12,15H,13-14,17H2,1-2H3,(H,27,28). The van der Waals surface area contributed by atoms with Crippen molar-refractivity contribution in [1.29, 1.82) is 5.26 Å². The third-order valence-corrected chi connectivity index (χ3v) is 4.88. The van der Waals surface area contributed by atoms with Gasteiger partial charge in [-0.15, -0.1) is 0 Å². The summed E-state index contributed by atoms with van der Waals surface area (Å²) in [5, 5.41) is 9.71. The molecule has 0 spiro atoms. The number of aromatic amines is 1. The zero-order valence-corrected chi connectivity index (χ0v) is 17.6. The van der Waals surface area contributed by atoms with E-state index in [1.165, 1.54) is 0 Å². The van der Waals surface area contributed by atoms with Crippen molar-refractivity contribution in [3.8, 4) is 29.0 Å². The lowest BCUT2D eigenvalue weighted by molar-refractivity contribution is 0.261. The highest BCUT2D eigenvalue weighted by atomic mass is 16.5. The molecule has 3 aromatic carbocycles. The van der Waals surface area contributed by atoms with Crippen LogP contribution >= 0.6 is 0 Å². The van der Waals surface area contributed by atoms with Gasteiger partial charge >= 0.3 is 0 Å². The van der Waals surface area contributed by atoms with Gasteiger partial charge in [-0.25, -0.2) is 4.98 Å². The van der Waals surface area contributed by atoms with Crippen molar-refractivity contribution >= 4 is 11.0 Å². The topological polar surface area (TPSA) is 74.2 Å². The Labute approximate surface area is 181 Å². The summed E-state index contributed by atoms with van der Waals surface area (Å²) in [6.45, 7) is 1.77. The van der Waals surface area contributed by atoms with Crippen molar-refractivity contribution < 1.29 is 9.47 Å². The molecule has 6 heteroatoms. The quantitative estimate of drug-likeness (QED) is 0.457. The lowest BCUT2D eigenvalue weighted by Crippen LogP contribution is -2.19. The minimum Gasteiger partial charge on any atom is -0.491 e. The van der Waals surface area contributed by atoms with Crippen molar-refractivity contribution in [2.24, 2.45) is 0 Å². The van der Waals surface area contributed by atoms with Crippen molar-refractivity contribution in [1.82, 2.24) is 14.9 Å². The van der Waals surface area contributed by atoms with Crippen LogP contribution in [0.15, 0.2) is 66.7 Å². The molecule has 6 nitrogen and oxygen atoms in total. The van der Waals surface area contributed by atoms with Crippen molar-refractivity contribution in [2.45, 2.75) is 6.61 Å². The molecule has 0 amide bonds. The number of fused-ring (bicyclic) bond motifs is 1. The first-order valence-electron chi connectivity index (χ1n) is 10.1. The molecule has 31 heavy (non-hydrogen) atoms. The van der Waals surface area contributed by atoms with Crippen LogP contribution in [0.3, 0.4) is 0 Å². The van der Waals surface area contributed by atoms with Crippen LogP contribution in [0.1, 0.15) is 11.1 Å². The number of rotatable bonds is 8. The van der Waals surface area contributed by atoms with Gasteiger partial charge in [0.15, 0.2) is 0 Å². The molecule has 4 rings (SSSR count). The van der Waals surface area contributed by atoms with Gasteiger partial charge < -0.3 is 19.4 Å². The van der Waals surface area contributed by atoms with Gasteiger partial charge in [-0.2, -0.15) is 5.26 Å². The molecule has 156 valence electrons. The van der Waals surface area contributed by atoms with Gasteiger partial charge in [0.2, 0.25) is 0 Å². The number of imidazole rings is 1. The second kappa shape index (κ2) is 9.33. The minimum atomic E-state index is 0.440. The first-order chi connectivity index (χ1) is 15.1. The Hall–Kier alpha value is -3.82. The second-order valence-electron chi connectivity index (χ2n) is 7.49. The number of hydrogen-bond donors (Lipinski definition) is 1. The number of nitriles is 1. The highest BCUT2D eigenvalue weighted by molar-refractivity contribution is 5.87. The SMILES string of the molecule is CN(C)CCOc1ccc2[nH]c(-c3cccc(OCc4ccccc4)c3)nc2c1C#N. The summed E-state index contributed by atoms with van der Waals surface area (Å²) in [6, 6.07) is 23.8. The molecule has 0 unspecified atom stereocenters. The maximum atomic E-state index is 9.71. The van der Waals surface area contributed by atoms with Crippen molar-refractivity contribution in [2.75, 3.05) is 27.2 Å². The number of nitrogens with one attached hydrogen (secondary N) is 1. The Balaban J connectivity index is 1.57. The van der Waals surface area contributed by atoms with E-state index < -0.39 is 0 Å². The monoisotopic (exact) mass is 412 g/mol. The normalized spacial score (nSPS) is 10.9. The predicted octanol–water partition coefficient (Wildman–Crippen LogP) is 4.62. The summed E-state index contributed by atoms with van der Waals surface area (Å²) in [6.07, 6.45) is 0. The summed E-state index contributed by atoms with van der Waals surface area (Å²) in [5.74, 6) is 1.99. The van der Waals surface area contributed by atoms with E-state index in [9.17, 15) is 5.26 Å². The Morgan fingerprint density at radius 3 is 2.61 bits per heavy atom. The van der Waals surface area contributed by atoms with E-state index >= 15 is 0 Å². The molecule has 0 aliphatic carbocycles. The molecule has 0 aliphatic heterocycles. The zero-order chi connectivity index (χ0) is 21.6. The Kier molecular flexibility index (Phi) is 6.16. The summed E-state index contributed by atoms with van der Waals surface area (Å²) in [7, 11) is 3.96. The number of benzene rings is 3. The van der Waals surface area contributed by atoms with E-state index in [0.29, 0.717) is 35.9 Å². The zero-order valence-electron chi connectivity index (χ0n) is 17.6. The van der Waals surface area contributed by atoms with Gasteiger partial charge in [-0.3, -0.25) is 0 Å². The maximum Gasteiger partial charge on any atom is 0.139 e. The first-order valence-corrected chi connectivity index (χ1v) is 10.1. The first kappa shape index (κ1) is 20.5. The average Bonchev–Trinajstić information content (AvgIpc) is 3.23. The van der Waals surface area contributed by atoms with Crippen molar-refractivity contribution in [3.63, 3.8) is 0 Å². The lowest BCUT2D eigenvalue weighted by atomic mass is 10.2. The third kappa shape index (κ3) is 4.85.